The van der Waals surface area contributed by atoms with E-state index in [1.165, 1.54) is 12.8 Å². The van der Waals surface area contributed by atoms with Crippen molar-refractivity contribution in [3.63, 3.8) is 0 Å². The molecule has 2 heterocycles. The molecule has 180 valence electrons. The van der Waals surface area contributed by atoms with Gasteiger partial charge in [0, 0.05) is 38.0 Å². The van der Waals surface area contributed by atoms with Crippen molar-refractivity contribution in [2.75, 3.05) is 26.2 Å². The normalized spacial score (nSPS) is 15.9. The molecule has 0 radical (unpaired) electrons. The van der Waals surface area contributed by atoms with Crippen LogP contribution in [0.5, 0.6) is 5.75 Å². The molecule has 1 aliphatic rings. The van der Waals surface area contributed by atoms with Crippen LogP contribution >= 0.6 is 0 Å². The van der Waals surface area contributed by atoms with Gasteiger partial charge in [0.15, 0.2) is 0 Å². The molecule has 33 heavy (non-hydrogen) atoms. The summed E-state index contributed by atoms with van der Waals surface area (Å²) in [6, 6.07) is 7.50. The van der Waals surface area contributed by atoms with Crippen LogP contribution in [0.2, 0.25) is 0 Å². The molecule has 3 rings (SSSR count). The van der Waals surface area contributed by atoms with Crippen molar-refractivity contribution in [1.82, 2.24) is 20.4 Å². The topological polar surface area (TPSA) is 97.6 Å². The van der Waals surface area contributed by atoms with Gasteiger partial charge in [0.2, 0.25) is 23.5 Å². The summed E-state index contributed by atoms with van der Waals surface area (Å²) in [5.41, 5.74) is 0.833. The van der Waals surface area contributed by atoms with E-state index in [1.54, 1.807) is 4.90 Å². The number of aryl methyl sites for hydroxylation is 1. The van der Waals surface area contributed by atoms with Gasteiger partial charge in [0.05, 0.1) is 12.5 Å². The third kappa shape index (κ3) is 7.58. The molecule has 1 atom stereocenters. The summed E-state index contributed by atoms with van der Waals surface area (Å²) >= 11 is 0. The fraction of sp³-hybridized carbons (Fsp3) is 0.600. The molecule has 1 aromatic carbocycles. The van der Waals surface area contributed by atoms with Gasteiger partial charge in [-0.15, -0.1) is 0 Å². The first kappa shape index (κ1) is 24.7. The largest absolute Gasteiger partial charge is 0.494 e. The van der Waals surface area contributed by atoms with Gasteiger partial charge in [0.25, 0.3) is 0 Å². The number of piperidine rings is 1. The van der Waals surface area contributed by atoms with Crippen LogP contribution in [0.25, 0.3) is 11.4 Å². The van der Waals surface area contributed by atoms with Crippen LogP contribution in [0.4, 0.5) is 0 Å². The second kappa shape index (κ2) is 13.0. The second-order valence-corrected chi connectivity index (χ2v) is 8.50. The lowest BCUT2D eigenvalue weighted by atomic mass is 9.96. The van der Waals surface area contributed by atoms with Crippen LogP contribution in [-0.2, 0) is 16.0 Å². The SMILES string of the molecule is CCCCCCNC(=O)C1CCCN(C(=O)CCc2nc(-c3ccc(OCC)cc3)no2)C1. The average molecular weight is 457 g/mol. The number of benzene rings is 1. The van der Waals surface area contributed by atoms with Crippen molar-refractivity contribution in [1.29, 1.82) is 0 Å². The highest BCUT2D eigenvalue weighted by Crippen LogP contribution is 2.21. The summed E-state index contributed by atoms with van der Waals surface area (Å²) in [6.07, 6.45) is 6.88. The first-order valence-corrected chi connectivity index (χ1v) is 12.2. The Morgan fingerprint density at radius 1 is 1.18 bits per heavy atom. The Morgan fingerprint density at radius 3 is 2.76 bits per heavy atom. The molecule has 1 aliphatic heterocycles. The molecule has 2 aromatic rings. The molecule has 2 amide bonds. The van der Waals surface area contributed by atoms with Gasteiger partial charge in [-0.3, -0.25) is 9.59 Å². The van der Waals surface area contributed by atoms with E-state index < -0.39 is 0 Å². The van der Waals surface area contributed by atoms with Crippen molar-refractivity contribution in [3.8, 4) is 17.1 Å². The average Bonchev–Trinajstić information content (AvgIpc) is 3.32. The van der Waals surface area contributed by atoms with Crippen molar-refractivity contribution >= 4 is 11.8 Å². The zero-order valence-electron chi connectivity index (χ0n) is 19.8. The number of nitrogens with one attached hydrogen (secondary N) is 1. The van der Waals surface area contributed by atoms with Crippen molar-refractivity contribution in [2.45, 2.75) is 65.2 Å². The fourth-order valence-electron chi connectivity index (χ4n) is 4.04. The van der Waals surface area contributed by atoms with E-state index in [0.717, 1.165) is 43.5 Å². The smallest absolute Gasteiger partial charge is 0.227 e. The van der Waals surface area contributed by atoms with E-state index in [-0.39, 0.29) is 24.2 Å². The summed E-state index contributed by atoms with van der Waals surface area (Å²) < 4.78 is 10.8. The molecule has 8 nitrogen and oxygen atoms in total. The van der Waals surface area contributed by atoms with E-state index in [4.69, 9.17) is 9.26 Å². The van der Waals surface area contributed by atoms with E-state index in [9.17, 15) is 9.59 Å². The number of carbonyl (C=O) groups excluding carboxylic acids is 2. The van der Waals surface area contributed by atoms with E-state index in [0.29, 0.717) is 37.8 Å². The highest BCUT2D eigenvalue weighted by molar-refractivity contribution is 5.81. The third-order valence-electron chi connectivity index (χ3n) is 5.92. The quantitative estimate of drug-likeness (QED) is 0.485. The Morgan fingerprint density at radius 2 is 2.00 bits per heavy atom. The maximum absolute atomic E-state index is 12.7. The highest BCUT2D eigenvalue weighted by atomic mass is 16.5. The van der Waals surface area contributed by atoms with Gasteiger partial charge >= 0.3 is 0 Å². The standard InChI is InChI=1S/C25H36N4O4/c1-3-5-6-7-16-26-25(31)20-9-8-17-29(18-20)23(30)15-14-22-27-24(28-33-22)19-10-12-21(13-11-19)32-4-2/h10-13,20H,3-9,14-18H2,1-2H3,(H,26,31). The molecule has 1 fully saturated rings. The van der Waals surface area contributed by atoms with Gasteiger partial charge in [0.1, 0.15) is 5.75 Å². The van der Waals surface area contributed by atoms with Crippen molar-refractivity contribution < 1.29 is 18.8 Å². The number of hydrogen-bond donors (Lipinski definition) is 1. The fourth-order valence-corrected chi connectivity index (χ4v) is 4.04. The van der Waals surface area contributed by atoms with Crippen LogP contribution in [-0.4, -0.2) is 53.1 Å². The number of likely N-dealkylation sites (tertiary alicyclic amines) is 1. The molecule has 8 heteroatoms. The number of amides is 2. The first-order chi connectivity index (χ1) is 16.1. The number of hydrogen-bond acceptors (Lipinski definition) is 6. The van der Waals surface area contributed by atoms with Gasteiger partial charge in [-0.1, -0.05) is 31.3 Å². The molecule has 0 bridgehead atoms. The molecule has 1 N–H and O–H groups in total. The number of unbranched alkanes of at least 4 members (excludes halogenated alkanes) is 3. The molecule has 1 aromatic heterocycles. The van der Waals surface area contributed by atoms with Gasteiger partial charge < -0.3 is 19.5 Å². The molecule has 0 aliphatic carbocycles. The lowest BCUT2D eigenvalue weighted by molar-refractivity contribution is -0.135. The Hall–Kier alpha value is -2.90. The molecule has 1 unspecified atom stereocenters. The zero-order valence-corrected chi connectivity index (χ0v) is 19.8. The monoisotopic (exact) mass is 456 g/mol. The third-order valence-corrected chi connectivity index (χ3v) is 5.92. The summed E-state index contributed by atoms with van der Waals surface area (Å²) in [7, 11) is 0. The minimum atomic E-state index is -0.122. The predicted octanol–water partition coefficient (Wildman–Crippen LogP) is 4.00. The lowest BCUT2D eigenvalue weighted by Crippen LogP contribution is -2.45. The zero-order chi connectivity index (χ0) is 23.5. The minimum absolute atomic E-state index is 0.0243. The number of rotatable bonds is 12. The van der Waals surface area contributed by atoms with E-state index in [2.05, 4.69) is 22.4 Å². The van der Waals surface area contributed by atoms with Crippen molar-refractivity contribution in [3.05, 3.63) is 30.2 Å². The molecular formula is C25H36N4O4. The highest BCUT2D eigenvalue weighted by Gasteiger charge is 2.28. The number of nitrogens with zero attached hydrogens (tertiary/aromatic N) is 3. The van der Waals surface area contributed by atoms with E-state index >= 15 is 0 Å². The Kier molecular flexibility index (Phi) is 9.72. The molecular weight excluding hydrogens is 420 g/mol. The minimum Gasteiger partial charge on any atom is -0.494 e. The van der Waals surface area contributed by atoms with Crippen LogP contribution in [0.1, 0.15) is 64.7 Å². The van der Waals surface area contributed by atoms with Crippen LogP contribution in [0, 0.1) is 5.92 Å². The maximum Gasteiger partial charge on any atom is 0.227 e. The number of aromatic nitrogens is 2. The summed E-state index contributed by atoms with van der Waals surface area (Å²) in [6.45, 7) is 6.63. The first-order valence-electron chi connectivity index (χ1n) is 12.2. The maximum atomic E-state index is 12.7. The summed E-state index contributed by atoms with van der Waals surface area (Å²) in [5.74, 6) is 1.70. The van der Waals surface area contributed by atoms with Crippen molar-refractivity contribution in [2.24, 2.45) is 5.92 Å². The molecule has 1 saturated heterocycles. The second-order valence-electron chi connectivity index (χ2n) is 8.50. The lowest BCUT2D eigenvalue weighted by Gasteiger charge is -2.32. The van der Waals surface area contributed by atoms with Crippen LogP contribution in [0.3, 0.4) is 0 Å². The Bertz CT molecular complexity index is 881. The van der Waals surface area contributed by atoms with Crippen LogP contribution in [0.15, 0.2) is 28.8 Å². The van der Waals surface area contributed by atoms with Gasteiger partial charge in [-0.2, -0.15) is 4.98 Å². The number of ether oxygens (including phenoxy) is 1. The van der Waals surface area contributed by atoms with Crippen LogP contribution < -0.4 is 10.1 Å². The summed E-state index contributed by atoms with van der Waals surface area (Å²) in [4.78, 5) is 31.4. The Labute approximate surface area is 196 Å². The van der Waals surface area contributed by atoms with Gasteiger partial charge in [-0.25, -0.2) is 0 Å². The molecule has 0 saturated carbocycles. The van der Waals surface area contributed by atoms with Gasteiger partial charge in [-0.05, 0) is 50.5 Å². The number of carbonyl (C=O) groups is 2. The summed E-state index contributed by atoms with van der Waals surface area (Å²) in [5, 5.41) is 7.07. The Balaban J connectivity index is 1.44. The predicted molar refractivity (Wildman–Crippen MR) is 126 cm³/mol. The van der Waals surface area contributed by atoms with E-state index in [1.807, 2.05) is 31.2 Å². The molecule has 0 spiro atoms.